The zero-order valence-electron chi connectivity index (χ0n) is 16.4. The van der Waals surface area contributed by atoms with E-state index < -0.39 is 0 Å². The summed E-state index contributed by atoms with van der Waals surface area (Å²) in [4.78, 5) is 24.7. The van der Waals surface area contributed by atoms with Gasteiger partial charge in [-0.25, -0.2) is 0 Å². The molecule has 2 aromatic carbocycles. The molecular weight excluding hydrogens is 356 g/mol. The Morgan fingerprint density at radius 2 is 1.78 bits per heavy atom. The Hall–Kier alpha value is -2.27. The van der Waals surface area contributed by atoms with Gasteiger partial charge in [-0.2, -0.15) is 0 Å². The lowest BCUT2D eigenvalue weighted by molar-refractivity contribution is -0.115. The first-order valence-electron chi connectivity index (χ1n) is 9.28. The molecule has 4 nitrogen and oxygen atoms in total. The maximum atomic E-state index is 12.5. The van der Waals surface area contributed by atoms with E-state index >= 15 is 0 Å². The van der Waals surface area contributed by atoms with Crippen LogP contribution in [0.15, 0.2) is 48.5 Å². The first kappa shape index (κ1) is 21.0. The number of hydrogen-bond donors (Lipinski definition) is 2. The van der Waals surface area contributed by atoms with E-state index in [1.165, 1.54) is 5.56 Å². The second-order valence-electron chi connectivity index (χ2n) is 6.74. The third-order valence-electron chi connectivity index (χ3n) is 4.45. The molecule has 0 radical (unpaired) electrons. The van der Waals surface area contributed by atoms with Gasteiger partial charge in [0.2, 0.25) is 5.91 Å². The second-order valence-corrected chi connectivity index (χ2v) is 8.07. The van der Waals surface area contributed by atoms with Gasteiger partial charge in [0.15, 0.2) is 0 Å². The van der Waals surface area contributed by atoms with Crippen LogP contribution in [0.3, 0.4) is 0 Å². The lowest BCUT2D eigenvalue weighted by Crippen LogP contribution is -2.32. The van der Waals surface area contributed by atoms with Crippen molar-refractivity contribution in [3.63, 3.8) is 0 Å². The average molecular weight is 385 g/mol. The van der Waals surface area contributed by atoms with Gasteiger partial charge in [0.1, 0.15) is 0 Å². The van der Waals surface area contributed by atoms with E-state index in [0.29, 0.717) is 5.56 Å². The lowest BCUT2D eigenvalue weighted by Gasteiger charge is -2.15. The molecule has 0 unspecified atom stereocenters. The molecule has 0 bridgehead atoms. The largest absolute Gasteiger partial charge is 0.350 e. The highest BCUT2D eigenvalue weighted by atomic mass is 32.2. The molecule has 2 N–H and O–H groups in total. The predicted octanol–water partition coefficient (Wildman–Crippen LogP) is 4.78. The van der Waals surface area contributed by atoms with Crippen molar-refractivity contribution in [1.29, 1.82) is 0 Å². The molecule has 2 aromatic rings. The maximum absolute atomic E-state index is 12.5. The van der Waals surface area contributed by atoms with Gasteiger partial charge >= 0.3 is 0 Å². The minimum Gasteiger partial charge on any atom is -0.350 e. The number of hydrogen-bond acceptors (Lipinski definition) is 3. The molecule has 0 aliphatic rings. The number of rotatable bonds is 8. The summed E-state index contributed by atoms with van der Waals surface area (Å²) in [5.41, 5.74) is 3.43. The van der Waals surface area contributed by atoms with Crippen molar-refractivity contribution in [2.24, 2.45) is 0 Å². The van der Waals surface area contributed by atoms with Crippen LogP contribution in [-0.2, 0) is 10.5 Å². The van der Waals surface area contributed by atoms with Crippen molar-refractivity contribution >= 4 is 29.3 Å². The number of anilines is 1. The van der Waals surface area contributed by atoms with Crippen LogP contribution >= 0.6 is 11.8 Å². The van der Waals surface area contributed by atoms with E-state index in [1.807, 2.05) is 52.0 Å². The van der Waals surface area contributed by atoms with Crippen molar-refractivity contribution < 1.29 is 9.59 Å². The summed E-state index contributed by atoms with van der Waals surface area (Å²) in [5.74, 6) is 0.677. The normalized spacial score (nSPS) is 12.9. The number of carbonyl (C=O) groups is 2. The van der Waals surface area contributed by atoms with Gasteiger partial charge < -0.3 is 10.6 Å². The number of carbonyl (C=O) groups excluding carboxylic acids is 2. The van der Waals surface area contributed by atoms with Crippen molar-refractivity contribution in [1.82, 2.24) is 5.32 Å². The monoisotopic (exact) mass is 384 g/mol. The van der Waals surface area contributed by atoms with Crippen LogP contribution < -0.4 is 10.6 Å². The molecule has 2 atom stereocenters. The van der Waals surface area contributed by atoms with E-state index in [9.17, 15) is 9.59 Å². The standard InChI is InChI=1S/C22H28N2O2S/c1-5-16(3)23-22(26)19-11-12-20(15(2)13-19)24-21(25)17(4)27-14-18-9-7-6-8-10-18/h6-13,16-17H,5,14H2,1-4H3,(H,23,26)(H,24,25)/t16-,17-/m1/s1. The Morgan fingerprint density at radius 3 is 2.41 bits per heavy atom. The fraction of sp³-hybridized carbons (Fsp3) is 0.364. The summed E-state index contributed by atoms with van der Waals surface area (Å²) in [6.07, 6.45) is 0.886. The van der Waals surface area contributed by atoms with E-state index in [2.05, 4.69) is 22.8 Å². The molecule has 0 aromatic heterocycles. The molecule has 2 amide bonds. The number of benzene rings is 2. The van der Waals surface area contributed by atoms with Crippen LogP contribution in [0.2, 0.25) is 0 Å². The third kappa shape index (κ3) is 6.43. The Balaban J connectivity index is 1.93. The van der Waals surface area contributed by atoms with Gasteiger partial charge in [-0.1, -0.05) is 37.3 Å². The van der Waals surface area contributed by atoms with Crippen molar-refractivity contribution in [2.45, 2.75) is 51.2 Å². The van der Waals surface area contributed by atoms with Crippen molar-refractivity contribution in [3.05, 3.63) is 65.2 Å². The summed E-state index contributed by atoms with van der Waals surface area (Å²) in [7, 11) is 0. The quantitative estimate of drug-likeness (QED) is 0.688. The van der Waals surface area contributed by atoms with Crippen LogP contribution in [0.25, 0.3) is 0 Å². The Kier molecular flexibility index (Phi) is 7.92. The Bertz CT molecular complexity index is 777. The highest BCUT2D eigenvalue weighted by Gasteiger charge is 2.16. The highest BCUT2D eigenvalue weighted by Crippen LogP contribution is 2.21. The van der Waals surface area contributed by atoms with E-state index in [-0.39, 0.29) is 23.1 Å². The molecule has 0 aliphatic heterocycles. The lowest BCUT2D eigenvalue weighted by atomic mass is 10.1. The summed E-state index contributed by atoms with van der Waals surface area (Å²) in [6.45, 7) is 7.82. The zero-order valence-corrected chi connectivity index (χ0v) is 17.2. The number of amides is 2. The van der Waals surface area contributed by atoms with Crippen LogP contribution in [0.5, 0.6) is 0 Å². The van der Waals surface area contributed by atoms with E-state index in [0.717, 1.165) is 23.4 Å². The predicted molar refractivity (Wildman–Crippen MR) is 114 cm³/mol. The van der Waals surface area contributed by atoms with Crippen LogP contribution in [0, 0.1) is 6.92 Å². The van der Waals surface area contributed by atoms with E-state index in [4.69, 9.17) is 0 Å². The molecule has 27 heavy (non-hydrogen) atoms. The van der Waals surface area contributed by atoms with Crippen molar-refractivity contribution in [2.75, 3.05) is 5.32 Å². The van der Waals surface area contributed by atoms with E-state index in [1.54, 1.807) is 23.9 Å². The van der Waals surface area contributed by atoms with Gasteiger partial charge in [-0.15, -0.1) is 11.8 Å². The Labute approximate surface area is 166 Å². The maximum Gasteiger partial charge on any atom is 0.251 e. The molecule has 144 valence electrons. The highest BCUT2D eigenvalue weighted by molar-refractivity contribution is 7.99. The van der Waals surface area contributed by atoms with Crippen LogP contribution in [-0.4, -0.2) is 23.1 Å². The summed E-state index contributed by atoms with van der Waals surface area (Å²) >= 11 is 1.60. The topological polar surface area (TPSA) is 58.2 Å². The molecule has 0 saturated heterocycles. The third-order valence-corrected chi connectivity index (χ3v) is 5.66. The first-order chi connectivity index (χ1) is 12.9. The second kappa shape index (κ2) is 10.2. The molecule has 0 fully saturated rings. The van der Waals surface area contributed by atoms with Gasteiger partial charge in [0.25, 0.3) is 5.91 Å². The molecule has 5 heteroatoms. The number of nitrogens with one attached hydrogen (secondary N) is 2. The fourth-order valence-electron chi connectivity index (χ4n) is 2.46. The molecular formula is C22H28N2O2S. The Morgan fingerprint density at radius 1 is 1.07 bits per heavy atom. The molecule has 0 heterocycles. The summed E-state index contributed by atoms with van der Waals surface area (Å²) in [5, 5.41) is 5.76. The smallest absolute Gasteiger partial charge is 0.251 e. The molecule has 0 saturated carbocycles. The minimum absolute atomic E-state index is 0.0316. The van der Waals surface area contributed by atoms with Crippen LogP contribution in [0.4, 0.5) is 5.69 Å². The first-order valence-corrected chi connectivity index (χ1v) is 10.3. The number of thioether (sulfide) groups is 1. The van der Waals surface area contributed by atoms with Gasteiger partial charge in [-0.3, -0.25) is 9.59 Å². The zero-order chi connectivity index (χ0) is 19.8. The molecule has 2 rings (SSSR count). The minimum atomic E-state index is -0.169. The SMILES string of the molecule is CC[C@@H](C)NC(=O)c1ccc(NC(=O)[C@@H](C)SCc2ccccc2)c(C)c1. The molecule has 0 spiro atoms. The van der Waals surface area contributed by atoms with Gasteiger partial charge in [-0.05, 0) is 56.5 Å². The summed E-state index contributed by atoms with van der Waals surface area (Å²) in [6, 6.07) is 15.6. The summed E-state index contributed by atoms with van der Waals surface area (Å²) < 4.78 is 0. The van der Waals surface area contributed by atoms with Gasteiger partial charge in [0, 0.05) is 23.0 Å². The fourth-order valence-corrected chi connectivity index (χ4v) is 3.31. The van der Waals surface area contributed by atoms with Crippen molar-refractivity contribution in [3.8, 4) is 0 Å². The average Bonchev–Trinajstić information content (AvgIpc) is 2.68. The molecule has 0 aliphatic carbocycles. The van der Waals surface area contributed by atoms with Gasteiger partial charge in [0.05, 0.1) is 5.25 Å². The van der Waals surface area contributed by atoms with Crippen LogP contribution in [0.1, 0.15) is 48.7 Å². The number of aryl methyl sites for hydroxylation is 1.